The molecule has 1 unspecified atom stereocenters. The van der Waals surface area contributed by atoms with Crippen molar-refractivity contribution in [1.29, 1.82) is 0 Å². The Balaban J connectivity index is 2.46. The standard InChI is InChI=1S/C13H13BrClNO/c1-7-5-10(8(2)17-7)13(16)11-6-9(15)3-4-12(11)14/h3-6,13H,16H2,1-2H3. The molecule has 90 valence electrons. The molecule has 1 aromatic heterocycles. The van der Waals surface area contributed by atoms with Crippen LogP contribution in [0.2, 0.25) is 5.02 Å². The lowest BCUT2D eigenvalue weighted by Crippen LogP contribution is -2.12. The third-order valence-corrected chi connectivity index (χ3v) is 3.66. The Morgan fingerprint density at radius 2 is 1.94 bits per heavy atom. The minimum absolute atomic E-state index is 0.236. The highest BCUT2D eigenvalue weighted by Crippen LogP contribution is 2.31. The van der Waals surface area contributed by atoms with Gasteiger partial charge in [-0.15, -0.1) is 0 Å². The molecule has 0 aliphatic rings. The van der Waals surface area contributed by atoms with Crippen molar-refractivity contribution in [2.24, 2.45) is 5.73 Å². The van der Waals surface area contributed by atoms with E-state index >= 15 is 0 Å². The first-order valence-electron chi connectivity index (χ1n) is 5.26. The molecule has 0 spiro atoms. The molecule has 4 heteroatoms. The van der Waals surface area contributed by atoms with Gasteiger partial charge < -0.3 is 10.2 Å². The predicted molar refractivity (Wildman–Crippen MR) is 73.4 cm³/mol. The number of aryl methyl sites for hydroxylation is 2. The van der Waals surface area contributed by atoms with Crippen molar-refractivity contribution in [1.82, 2.24) is 0 Å². The second-order valence-corrected chi connectivity index (χ2v) is 5.30. The summed E-state index contributed by atoms with van der Waals surface area (Å²) in [6, 6.07) is 7.33. The summed E-state index contributed by atoms with van der Waals surface area (Å²) in [6.45, 7) is 3.83. The van der Waals surface area contributed by atoms with E-state index in [9.17, 15) is 0 Å². The van der Waals surface area contributed by atoms with Gasteiger partial charge in [-0.3, -0.25) is 0 Å². The van der Waals surface area contributed by atoms with Gasteiger partial charge in [0.25, 0.3) is 0 Å². The van der Waals surface area contributed by atoms with Crippen molar-refractivity contribution in [3.63, 3.8) is 0 Å². The van der Waals surface area contributed by atoms with Gasteiger partial charge >= 0.3 is 0 Å². The molecule has 0 fully saturated rings. The second kappa shape index (κ2) is 4.84. The number of nitrogens with two attached hydrogens (primary N) is 1. The van der Waals surface area contributed by atoms with Crippen LogP contribution >= 0.6 is 27.5 Å². The van der Waals surface area contributed by atoms with Gasteiger partial charge in [-0.05, 0) is 43.7 Å². The Bertz CT molecular complexity index is 550. The van der Waals surface area contributed by atoms with Crippen molar-refractivity contribution in [3.05, 3.63) is 56.4 Å². The second-order valence-electron chi connectivity index (χ2n) is 4.01. The van der Waals surface area contributed by atoms with Gasteiger partial charge in [0.1, 0.15) is 11.5 Å². The van der Waals surface area contributed by atoms with E-state index in [4.69, 9.17) is 21.8 Å². The molecule has 0 saturated carbocycles. The summed E-state index contributed by atoms with van der Waals surface area (Å²) in [4.78, 5) is 0. The smallest absolute Gasteiger partial charge is 0.106 e. The van der Waals surface area contributed by atoms with Crippen LogP contribution in [0.1, 0.15) is 28.7 Å². The van der Waals surface area contributed by atoms with E-state index in [1.54, 1.807) is 0 Å². The molecule has 0 amide bonds. The van der Waals surface area contributed by atoms with Gasteiger partial charge in [0.05, 0.1) is 6.04 Å². The van der Waals surface area contributed by atoms with Crippen molar-refractivity contribution < 1.29 is 4.42 Å². The fourth-order valence-corrected chi connectivity index (χ4v) is 2.55. The maximum atomic E-state index is 6.25. The van der Waals surface area contributed by atoms with Crippen molar-refractivity contribution in [3.8, 4) is 0 Å². The van der Waals surface area contributed by atoms with E-state index in [0.717, 1.165) is 27.1 Å². The average Bonchev–Trinajstić information content (AvgIpc) is 2.60. The summed E-state index contributed by atoms with van der Waals surface area (Å²) >= 11 is 9.48. The molecule has 0 aliphatic carbocycles. The van der Waals surface area contributed by atoms with Crippen LogP contribution in [0.3, 0.4) is 0 Å². The molecule has 1 heterocycles. The van der Waals surface area contributed by atoms with E-state index < -0.39 is 0 Å². The topological polar surface area (TPSA) is 39.2 Å². The summed E-state index contributed by atoms with van der Waals surface area (Å²) in [5.74, 6) is 1.72. The van der Waals surface area contributed by atoms with Crippen LogP contribution < -0.4 is 5.73 Å². The number of hydrogen-bond acceptors (Lipinski definition) is 2. The maximum absolute atomic E-state index is 6.25. The maximum Gasteiger partial charge on any atom is 0.106 e. The zero-order chi connectivity index (χ0) is 12.6. The molecule has 0 aliphatic heterocycles. The lowest BCUT2D eigenvalue weighted by atomic mass is 10.00. The van der Waals surface area contributed by atoms with Gasteiger partial charge in [0.15, 0.2) is 0 Å². The highest BCUT2D eigenvalue weighted by molar-refractivity contribution is 9.10. The van der Waals surface area contributed by atoms with Crippen LogP contribution in [0.5, 0.6) is 0 Å². The number of rotatable bonds is 2. The lowest BCUT2D eigenvalue weighted by molar-refractivity contribution is 0.499. The van der Waals surface area contributed by atoms with Crippen molar-refractivity contribution in [2.75, 3.05) is 0 Å². The van der Waals surface area contributed by atoms with Gasteiger partial charge in [-0.1, -0.05) is 27.5 Å². The first-order chi connectivity index (χ1) is 7.99. The SMILES string of the molecule is Cc1cc(C(N)c2cc(Cl)ccc2Br)c(C)o1. The summed E-state index contributed by atoms with van der Waals surface area (Å²) in [6.07, 6.45) is 0. The van der Waals surface area contributed by atoms with Crippen LogP contribution in [0.15, 0.2) is 33.2 Å². The van der Waals surface area contributed by atoms with E-state index in [0.29, 0.717) is 5.02 Å². The van der Waals surface area contributed by atoms with Crippen molar-refractivity contribution >= 4 is 27.5 Å². The molecule has 0 saturated heterocycles. The molecule has 1 aromatic carbocycles. The van der Waals surface area contributed by atoms with Crippen LogP contribution in [-0.4, -0.2) is 0 Å². The van der Waals surface area contributed by atoms with Crippen LogP contribution in [0, 0.1) is 13.8 Å². The first-order valence-corrected chi connectivity index (χ1v) is 6.43. The molecule has 17 heavy (non-hydrogen) atoms. The molecule has 0 radical (unpaired) electrons. The molecule has 2 N–H and O–H groups in total. The first kappa shape index (κ1) is 12.7. The lowest BCUT2D eigenvalue weighted by Gasteiger charge is -2.13. The number of benzene rings is 1. The quantitative estimate of drug-likeness (QED) is 0.894. The molecule has 2 rings (SSSR count). The minimum atomic E-state index is -0.236. The third kappa shape index (κ3) is 2.57. The van der Waals surface area contributed by atoms with Crippen LogP contribution in [0.25, 0.3) is 0 Å². The van der Waals surface area contributed by atoms with E-state index in [-0.39, 0.29) is 6.04 Å². The summed E-state index contributed by atoms with van der Waals surface area (Å²) in [5.41, 5.74) is 8.20. The van der Waals surface area contributed by atoms with Gasteiger partial charge in [0, 0.05) is 15.1 Å². The fourth-order valence-electron chi connectivity index (χ4n) is 1.88. The molecule has 0 bridgehead atoms. The summed E-state index contributed by atoms with van der Waals surface area (Å²) in [7, 11) is 0. The van der Waals surface area contributed by atoms with Crippen LogP contribution in [0.4, 0.5) is 0 Å². The Kier molecular flexibility index (Phi) is 3.61. The normalized spacial score (nSPS) is 12.8. The Morgan fingerprint density at radius 3 is 2.53 bits per heavy atom. The van der Waals surface area contributed by atoms with E-state index in [1.165, 1.54) is 0 Å². The Labute approximate surface area is 114 Å². The van der Waals surface area contributed by atoms with E-state index in [1.807, 2.05) is 38.1 Å². The molecule has 2 aromatic rings. The largest absolute Gasteiger partial charge is 0.466 e. The molecular weight excluding hydrogens is 302 g/mol. The number of furan rings is 1. The molecular formula is C13H13BrClNO. The number of halogens is 2. The third-order valence-electron chi connectivity index (χ3n) is 2.71. The zero-order valence-electron chi connectivity index (χ0n) is 9.63. The van der Waals surface area contributed by atoms with Gasteiger partial charge in [0.2, 0.25) is 0 Å². The zero-order valence-corrected chi connectivity index (χ0v) is 12.0. The Morgan fingerprint density at radius 1 is 1.24 bits per heavy atom. The van der Waals surface area contributed by atoms with Gasteiger partial charge in [-0.25, -0.2) is 0 Å². The fraction of sp³-hybridized carbons (Fsp3) is 0.231. The summed E-state index contributed by atoms with van der Waals surface area (Å²) < 4.78 is 6.45. The minimum Gasteiger partial charge on any atom is -0.466 e. The predicted octanol–water partition coefficient (Wildman–Crippen LogP) is 4.36. The molecule has 1 atom stereocenters. The monoisotopic (exact) mass is 313 g/mol. The number of hydrogen-bond donors (Lipinski definition) is 1. The van der Waals surface area contributed by atoms with Gasteiger partial charge in [-0.2, -0.15) is 0 Å². The highest BCUT2D eigenvalue weighted by atomic mass is 79.9. The summed E-state index contributed by atoms with van der Waals surface area (Å²) in [5, 5.41) is 0.677. The average molecular weight is 315 g/mol. The van der Waals surface area contributed by atoms with Crippen molar-refractivity contribution in [2.45, 2.75) is 19.9 Å². The van der Waals surface area contributed by atoms with E-state index in [2.05, 4.69) is 15.9 Å². The molecule has 2 nitrogen and oxygen atoms in total. The highest BCUT2D eigenvalue weighted by Gasteiger charge is 2.17. The van der Waals surface area contributed by atoms with Crippen LogP contribution in [-0.2, 0) is 0 Å². The Hall–Kier alpha value is -0.770.